The highest BCUT2D eigenvalue weighted by Gasteiger charge is 2.32. The van der Waals surface area contributed by atoms with E-state index in [1.807, 2.05) is 30.0 Å². The van der Waals surface area contributed by atoms with Crippen LogP contribution in [0.25, 0.3) is 0 Å². The molecule has 1 saturated heterocycles. The van der Waals surface area contributed by atoms with Gasteiger partial charge in [0.25, 0.3) is 5.91 Å². The van der Waals surface area contributed by atoms with Crippen molar-refractivity contribution in [1.82, 2.24) is 10.2 Å². The monoisotopic (exact) mass is 288 g/mol. The largest absolute Gasteiger partial charge is 0.481 e. The molecule has 0 spiro atoms. The molecule has 1 amide bonds. The number of rotatable bonds is 2. The molecule has 2 aliphatic heterocycles. The van der Waals surface area contributed by atoms with E-state index in [0.29, 0.717) is 24.9 Å². The van der Waals surface area contributed by atoms with E-state index in [9.17, 15) is 9.59 Å². The molecule has 112 valence electrons. The van der Waals surface area contributed by atoms with Crippen LogP contribution in [-0.4, -0.2) is 34.5 Å². The normalized spacial score (nSPS) is 24.7. The zero-order valence-electron chi connectivity index (χ0n) is 12.1. The molecule has 0 bridgehead atoms. The lowest BCUT2D eigenvalue weighted by atomic mass is 9.91. The molecule has 0 aliphatic carbocycles. The fourth-order valence-corrected chi connectivity index (χ4v) is 3.29. The summed E-state index contributed by atoms with van der Waals surface area (Å²) >= 11 is 0. The van der Waals surface area contributed by atoms with Gasteiger partial charge in [0.2, 0.25) is 0 Å². The second-order valence-electron chi connectivity index (χ2n) is 5.99. The molecule has 5 nitrogen and oxygen atoms in total. The van der Waals surface area contributed by atoms with Crippen molar-refractivity contribution >= 4 is 11.9 Å². The van der Waals surface area contributed by atoms with E-state index < -0.39 is 5.97 Å². The molecule has 0 saturated carbocycles. The molecule has 2 unspecified atom stereocenters. The number of likely N-dealkylation sites (tertiary alicyclic amines) is 1. The van der Waals surface area contributed by atoms with Gasteiger partial charge in [-0.05, 0) is 43.0 Å². The van der Waals surface area contributed by atoms with Gasteiger partial charge in [0.15, 0.2) is 0 Å². The predicted molar refractivity (Wildman–Crippen MR) is 77.8 cm³/mol. The van der Waals surface area contributed by atoms with Gasteiger partial charge < -0.3 is 15.3 Å². The summed E-state index contributed by atoms with van der Waals surface area (Å²) in [7, 11) is 0. The number of carboxylic acid groups (broad SMARTS) is 1. The number of piperidine rings is 1. The number of hydrogen-bond acceptors (Lipinski definition) is 3. The second kappa shape index (κ2) is 5.48. The SMILES string of the molecule is CC1CC(C(=O)O)CCN1C(=O)c1ccc2c(c1)CNC2. The van der Waals surface area contributed by atoms with Gasteiger partial charge in [-0.15, -0.1) is 0 Å². The van der Waals surface area contributed by atoms with Crippen molar-refractivity contribution in [2.24, 2.45) is 5.92 Å². The van der Waals surface area contributed by atoms with Crippen LogP contribution in [0, 0.1) is 5.92 Å². The Morgan fingerprint density at radius 1 is 1.29 bits per heavy atom. The van der Waals surface area contributed by atoms with Crippen LogP contribution in [-0.2, 0) is 17.9 Å². The Balaban J connectivity index is 1.75. The minimum absolute atomic E-state index is 0.0149. The number of amides is 1. The third-order valence-electron chi connectivity index (χ3n) is 4.57. The molecule has 3 rings (SSSR count). The van der Waals surface area contributed by atoms with Crippen molar-refractivity contribution in [1.29, 1.82) is 0 Å². The van der Waals surface area contributed by atoms with E-state index in [2.05, 4.69) is 5.32 Å². The van der Waals surface area contributed by atoms with Crippen molar-refractivity contribution in [2.75, 3.05) is 6.54 Å². The number of nitrogens with zero attached hydrogens (tertiary/aromatic N) is 1. The Hall–Kier alpha value is -1.88. The van der Waals surface area contributed by atoms with Gasteiger partial charge in [-0.25, -0.2) is 0 Å². The molecule has 5 heteroatoms. The van der Waals surface area contributed by atoms with Gasteiger partial charge in [-0.2, -0.15) is 0 Å². The molecule has 2 N–H and O–H groups in total. The van der Waals surface area contributed by atoms with Crippen LogP contribution in [0.4, 0.5) is 0 Å². The van der Waals surface area contributed by atoms with Crippen molar-refractivity contribution in [3.63, 3.8) is 0 Å². The third-order valence-corrected chi connectivity index (χ3v) is 4.57. The number of hydrogen-bond donors (Lipinski definition) is 2. The van der Waals surface area contributed by atoms with E-state index in [-0.39, 0.29) is 17.9 Å². The first kappa shape index (κ1) is 14.1. The predicted octanol–water partition coefficient (Wildman–Crippen LogP) is 1.62. The lowest BCUT2D eigenvalue weighted by Gasteiger charge is -2.36. The van der Waals surface area contributed by atoms with E-state index in [0.717, 1.165) is 13.1 Å². The molecule has 2 aliphatic rings. The van der Waals surface area contributed by atoms with E-state index in [1.165, 1.54) is 11.1 Å². The van der Waals surface area contributed by atoms with Crippen molar-refractivity contribution in [3.8, 4) is 0 Å². The quantitative estimate of drug-likeness (QED) is 0.867. The summed E-state index contributed by atoms with van der Waals surface area (Å²) < 4.78 is 0. The van der Waals surface area contributed by atoms with Crippen LogP contribution >= 0.6 is 0 Å². The molecular formula is C16H20N2O3. The van der Waals surface area contributed by atoms with Gasteiger partial charge in [0, 0.05) is 31.2 Å². The van der Waals surface area contributed by atoms with Gasteiger partial charge in [0.05, 0.1) is 5.92 Å². The Morgan fingerprint density at radius 3 is 2.76 bits per heavy atom. The van der Waals surface area contributed by atoms with Crippen molar-refractivity contribution in [2.45, 2.75) is 38.9 Å². The van der Waals surface area contributed by atoms with Crippen LogP contribution in [0.5, 0.6) is 0 Å². The molecule has 2 heterocycles. The summed E-state index contributed by atoms with van der Waals surface area (Å²) in [5, 5.41) is 12.4. The van der Waals surface area contributed by atoms with Crippen molar-refractivity contribution < 1.29 is 14.7 Å². The summed E-state index contributed by atoms with van der Waals surface area (Å²) in [5.41, 5.74) is 3.15. The highest BCUT2D eigenvalue weighted by atomic mass is 16.4. The summed E-state index contributed by atoms with van der Waals surface area (Å²) in [5.74, 6) is -1.06. The minimum atomic E-state index is -0.752. The second-order valence-corrected chi connectivity index (χ2v) is 5.99. The van der Waals surface area contributed by atoms with Crippen molar-refractivity contribution in [3.05, 3.63) is 34.9 Å². The lowest BCUT2D eigenvalue weighted by molar-refractivity contribution is -0.143. The third kappa shape index (κ3) is 2.65. The molecule has 0 radical (unpaired) electrons. The summed E-state index contributed by atoms with van der Waals surface area (Å²) in [4.78, 5) is 25.5. The molecular weight excluding hydrogens is 268 g/mol. The maximum absolute atomic E-state index is 12.6. The molecule has 0 aromatic heterocycles. The Morgan fingerprint density at radius 2 is 2.05 bits per heavy atom. The maximum Gasteiger partial charge on any atom is 0.306 e. The van der Waals surface area contributed by atoms with Gasteiger partial charge >= 0.3 is 5.97 Å². The highest BCUT2D eigenvalue weighted by molar-refractivity contribution is 5.95. The standard InChI is InChI=1S/C16H20N2O3/c1-10-6-12(16(20)21)4-5-18(10)15(19)11-2-3-13-8-17-9-14(13)7-11/h2-3,7,10,12,17H,4-6,8-9H2,1H3,(H,20,21). The Labute approximate surface area is 123 Å². The van der Waals surface area contributed by atoms with Gasteiger partial charge in [0.1, 0.15) is 0 Å². The number of nitrogens with one attached hydrogen (secondary N) is 1. The smallest absolute Gasteiger partial charge is 0.306 e. The minimum Gasteiger partial charge on any atom is -0.481 e. The zero-order valence-corrected chi connectivity index (χ0v) is 12.1. The number of carboxylic acids is 1. The highest BCUT2D eigenvalue weighted by Crippen LogP contribution is 2.25. The molecule has 2 atom stereocenters. The number of aliphatic carboxylic acids is 1. The first-order valence-electron chi connectivity index (χ1n) is 7.42. The maximum atomic E-state index is 12.6. The van der Waals surface area contributed by atoms with Crippen LogP contribution in [0.15, 0.2) is 18.2 Å². The van der Waals surface area contributed by atoms with Crippen LogP contribution in [0.3, 0.4) is 0 Å². The molecule has 1 aromatic rings. The first-order chi connectivity index (χ1) is 10.1. The topological polar surface area (TPSA) is 69.6 Å². The Bertz CT molecular complexity index is 585. The fraction of sp³-hybridized carbons (Fsp3) is 0.500. The molecule has 21 heavy (non-hydrogen) atoms. The van der Waals surface area contributed by atoms with Crippen LogP contribution < -0.4 is 5.32 Å². The number of carbonyl (C=O) groups excluding carboxylic acids is 1. The lowest BCUT2D eigenvalue weighted by Crippen LogP contribution is -2.46. The summed E-state index contributed by atoms with van der Waals surface area (Å²) in [6.07, 6.45) is 1.07. The van der Waals surface area contributed by atoms with E-state index >= 15 is 0 Å². The average Bonchev–Trinajstić information content (AvgIpc) is 2.93. The average molecular weight is 288 g/mol. The van der Waals surface area contributed by atoms with Crippen LogP contribution in [0.2, 0.25) is 0 Å². The molecule has 1 aromatic carbocycles. The summed E-state index contributed by atoms with van der Waals surface area (Å²) in [6, 6.07) is 5.83. The summed E-state index contributed by atoms with van der Waals surface area (Å²) in [6.45, 7) is 4.13. The van der Waals surface area contributed by atoms with E-state index in [4.69, 9.17) is 5.11 Å². The zero-order chi connectivity index (χ0) is 15.0. The molecule has 1 fully saturated rings. The van der Waals surface area contributed by atoms with E-state index in [1.54, 1.807) is 0 Å². The Kier molecular flexibility index (Phi) is 3.68. The first-order valence-corrected chi connectivity index (χ1v) is 7.42. The number of benzene rings is 1. The van der Waals surface area contributed by atoms with Gasteiger partial charge in [-0.3, -0.25) is 9.59 Å². The van der Waals surface area contributed by atoms with Gasteiger partial charge in [-0.1, -0.05) is 6.07 Å². The number of fused-ring (bicyclic) bond motifs is 1. The number of carbonyl (C=O) groups is 2. The fourth-order valence-electron chi connectivity index (χ4n) is 3.29. The van der Waals surface area contributed by atoms with Crippen LogP contribution in [0.1, 0.15) is 41.3 Å².